The molecule has 0 heterocycles. The summed E-state index contributed by atoms with van der Waals surface area (Å²) < 4.78 is 0. The fourth-order valence-corrected chi connectivity index (χ4v) is 0.641. The van der Waals surface area contributed by atoms with E-state index >= 15 is 0 Å². The van der Waals surface area contributed by atoms with Gasteiger partial charge in [0.2, 0.25) is 0 Å². The summed E-state index contributed by atoms with van der Waals surface area (Å²) in [5, 5.41) is 3.13. The third-order valence-electron chi connectivity index (χ3n) is 1.26. The van der Waals surface area contributed by atoms with E-state index in [1.807, 2.05) is 26.1 Å². The third kappa shape index (κ3) is 5.40. The Bertz CT molecular complexity index is 178. The van der Waals surface area contributed by atoms with Crippen LogP contribution in [0.25, 0.3) is 0 Å². The average molecular weight is 152 g/mol. The Morgan fingerprint density at radius 1 is 1.64 bits per heavy atom. The fraction of sp³-hybridized carbons (Fsp3) is 0.444. The van der Waals surface area contributed by atoms with E-state index < -0.39 is 0 Å². The lowest BCUT2D eigenvalue weighted by Crippen LogP contribution is -2.14. The maximum absolute atomic E-state index is 3.92. The lowest BCUT2D eigenvalue weighted by molar-refractivity contribution is 0.895. The van der Waals surface area contributed by atoms with Gasteiger partial charge in [-0.25, -0.2) is 0 Å². The molecule has 0 saturated heterocycles. The highest BCUT2D eigenvalue weighted by Gasteiger charge is 1.89. The zero-order valence-electron chi connectivity index (χ0n) is 7.52. The van der Waals surface area contributed by atoms with Crippen molar-refractivity contribution in [3.05, 3.63) is 23.9 Å². The molecule has 0 unspecified atom stereocenters. The summed E-state index contributed by atoms with van der Waals surface area (Å²) in [6.45, 7) is 8.49. The monoisotopic (exact) mass is 152 g/mol. The number of allylic oxidation sites excluding steroid dienone is 2. The number of nitrogens with zero attached hydrogens (tertiary/aromatic N) is 1. The first kappa shape index (κ1) is 9.95. The molecule has 0 fully saturated rings. The van der Waals surface area contributed by atoms with Crippen LogP contribution in [0.15, 0.2) is 28.9 Å². The first-order chi connectivity index (χ1) is 5.20. The smallest absolute Gasteiger partial charge is 0.0409 e. The highest BCUT2D eigenvalue weighted by atomic mass is 14.9. The molecule has 0 radical (unpaired) electrons. The topological polar surface area (TPSA) is 24.4 Å². The second-order valence-corrected chi connectivity index (χ2v) is 2.38. The van der Waals surface area contributed by atoms with Crippen LogP contribution in [-0.4, -0.2) is 19.8 Å². The van der Waals surface area contributed by atoms with Crippen molar-refractivity contribution in [3.8, 4) is 0 Å². The number of hydrogen-bond acceptors (Lipinski definition) is 2. The molecule has 0 aliphatic carbocycles. The highest BCUT2D eigenvalue weighted by molar-refractivity contribution is 5.78. The van der Waals surface area contributed by atoms with Gasteiger partial charge in [-0.05, 0) is 19.4 Å². The van der Waals surface area contributed by atoms with E-state index in [9.17, 15) is 0 Å². The SMILES string of the molecule is C=C(C)NC/C(C=NC)=C/C. The Labute approximate surface area is 68.7 Å². The van der Waals surface area contributed by atoms with Gasteiger partial charge in [-0.2, -0.15) is 0 Å². The number of nitrogens with one attached hydrogen (secondary N) is 1. The quantitative estimate of drug-likeness (QED) is 0.610. The first-order valence-electron chi connectivity index (χ1n) is 3.67. The van der Waals surface area contributed by atoms with Crippen LogP contribution >= 0.6 is 0 Å². The zero-order valence-corrected chi connectivity index (χ0v) is 7.52. The molecular weight excluding hydrogens is 136 g/mol. The van der Waals surface area contributed by atoms with Crippen molar-refractivity contribution in [2.75, 3.05) is 13.6 Å². The van der Waals surface area contributed by atoms with Crippen LogP contribution < -0.4 is 5.32 Å². The summed E-state index contributed by atoms with van der Waals surface area (Å²) in [6, 6.07) is 0. The summed E-state index contributed by atoms with van der Waals surface area (Å²) in [5.41, 5.74) is 2.16. The standard InChI is InChI=1S/C9H16N2/c1-5-9(6-10-4)7-11-8(2)3/h5-6,11H,2,7H2,1,3-4H3/b9-5+,10-6?. The second-order valence-electron chi connectivity index (χ2n) is 2.38. The maximum atomic E-state index is 3.92. The molecule has 1 N–H and O–H groups in total. The van der Waals surface area contributed by atoms with Gasteiger partial charge in [0.25, 0.3) is 0 Å². The molecule has 2 heteroatoms. The molecule has 0 aromatic heterocycles. The molecule has 0 bridgehead atoms. The van der Waals surface area contributed by atoms with Crippen LogP contribution in [-0.2, 0) is 0 Å². The molecule has 0 aromatic rings. The Kier molecular flexibility index (Phi) is 5.17. The zero-order chi connectivity index (χ0) is 8.69. The van der Waals surface area contributed by atoms with E-state index in [1.54, 1.807) is 7.05 Å². The van der Waals surface area contributed by atoms with Crippen molar-refractivity contribution in [2.24, 2.45) is 4.99 Å². The molecule has 0 atom stereocenters. The van der Waals surface area contributed by atoms with Gasteiger partial charge < -0.3 is 5.32 Å². The highest BCUT2D eigenvalue weighted by Crippen LogP contribution is 1.89. The predicted molar refractivity (Wildman–Crippen MR) is 51.0 cm³/mol. The number of hydrogen-bond donors (Lipinski definition) is 1. The van der Waals surface area contributed by atoms with Crippen molar-refractivity contribution in [2.45, 2.75) is 13.8 Å². The van der Waals surface area contributed by atoms with Crippen LogP contribution in [0.5, 0.6) is 0 Å². The summed E-state index contributed by atoms with van der Waals surface area (Å²) in [7, 11) is 1.77. The normalized spacial score (nSPS) is 12.1. The lowest BCUT2D eigenvalue weighted by atomic mass is 10.2. The van der Waals surface area contributed by atoms with E-state index in [2.05, 4.69) is 16.9 Å². The van der Waals surface area contributed by atoms with Gasteiger partial charge in [0.1, 0.15) is 0 Å². The average Bonchev–Trinajstić information content (AvgIpc) is 1.97. The Balaban J connectivity index is 3.81. The Hall–Kier alpha value is -1.05. The van der Waals surface area contributed by atoms with Gasteiger partial charge in [0, 0.05) is 25.5 Å². The van der Waals surface area contributed by atoms with E-state index in [0.29, 0.717) is 0 Å². The Morgan fingerprint density at radius 2 is 2.27 bits per heavy atom. The first-order valence-corrected chi connectivity index (χ1v) is 3.67. The van der Waals surface area contributed by atoms with Crippen LogP contribution in [0.4, 0.5) is 0 Å². The van der Waals surface area contributed by atoms with Crippen LogP contribution in [0, 0.1) is 0 Å². The molecule has 0 aliphatic rings. The van der Waals surface area contributed by atoms with E-state index in [4.69, 9.17) is 0 Å². The second kappa shape index (κ2) is 5.71. The minimum Gasteiger partial charge on any atom is -0.385 e. The summed E-state index contributed by atoms with van der Waals surface area (Å²) >= 11 is 0. The van der Waals surface area contributed by atoms with Gasteiger partial charge in [-0.1, -0.05) is 12.7 Å². The molecule has 0 amide bonds. The summed E-state index contributed by atoms with van der Waals surface area (Å²) in [6.07, 6.45) is 3.87. The van der Waals surface area contributed by atoms with Crippen molar-refractivity contribution in [3.63, 3.8) is 0 Å². The maximum Gasteiger partial charge on any atom is 0.0409 e. The molecule has 62 valence electrons. The molecular formula is C9H16N2. The van der Waals surface area contributed by atoms with Crippen molar-refractivity contribution < 1.29 is 0 Å². The summed E-state index contributed by atoms with van der Waals surface area (Å²) in [5.74, 6) is 0. The van der Waals surface area contributed by atoms with Gasteiger partial charge >= 0.3 is 0 Å². The van der Waals surface area contributed by atoms with Gasteiger partial charge in [0.05, 0.1) is 0 Å². The molecule has 0 aliphatic heterocycles. The molecule has 11 heavy (non-hydrogen) atoms. The Morgan fingerprint density at radius 3 is 2.64 bits per heavy atom. The van der Waals surface area contributed by atoms with Crippen LogP contribution in [0.1, 0.15) is 13.8 Å². The van der Waals surface area contributed by atoms with Gasteiger partial charge in [-0.15, -0.1) is 0 Å². The molecule has 0 spiro atoms. The van der Waals surface area contributed by atoms with E-state index in [-0.39, 0.29) is 0 Å². The minimum atomic E-state index is 0.809. The number of aliphatic imine (C=N–C) groups is 1. The molecule has 0 rings (SSSR count). The number of rotatable bonds is 4. The largest absolute Gasteiger partial charge is 0.385 e. The minimum absolute atomic E-state index is 0.809. The molecule has 0 aromatic carbocycles. The van der Waals surface area contributed by atoms with Gasteiger partial charge in [-0.3, -0.25) is 4.99 Å². The van der Waals surface area contributed by atoms with E-state index in [1.165, 1.54) is 5.57 Å². The van der Waals surface area contributed by atoms with E-state index in [0.717, 1.165) is 12.2 Å². The van der Waals surface area contributed by atoms with Gasteiger partial charge in [0.15, 0.2) is 0 Å². The van der Waals surface area contributed by atoms with Crippen molar-refractivity contribution in [1.29, 1.82) is 0 Å². The van der Waals surface area contributed by atoms with Crippen LogP contribution in [0.2, 0.25) is 0 Å². The third-order valence-corrected chi connectivity index (χ3v) is 1.26. The fourth-order valence-electron chi connectivity index (χ4n) is 0.641. The predicted octanol–water partition coefficient (Wildman–Crippen LogP) is 1.76. The van der Waals surface area contributed by atoms with Crippen LogP contribution in [0.3, 0.4) is 0 Å². The molecule has 0 saturated carbocycles. The molecule has 2 nitrogen and oxygen atoms in total. The van der Waals surface area contributed by atoms with Crippen molar-refractivity contribution >= 4 is 6.21 Å². The summed E-state index contributed by atoms with van der Waals surface area (Å²) in [4.78, 5) is 3.92. The van der Waals surface area contributed by atoms with Crippen molar-refractivity contribution in [1.82, 2.24) is 5.32 Å². The lowest BCUT2D eigenvalue weighted by Gasteiger charge is -2.03.